The first-order valence-corrected chi connectivity index (χ1v) is 3.69. The molecule has 0 radical (unpaired) electrons. The third-order valence-electron chi connectivity index (χ3n) is 1.70. The van der Waals surface area contributed by atoms with Crippen LogP contribution in [0.3, 0.4) is 0 Å². The summed E-state index contributed by atoms with van der Waals surface area (Å²) in [6.07, 6.45) is -1.04. The number of aldehydes is 1. The van der Waals surface area contributed by atoms with E-state index in [4.69, 9.17) is 0 Å². The molecule has 0 saturated heterocycles. The van der Waals surface area contributed by atoms with Gasteiger partial charge in [-0.2, -0.15) is 17.6 Å². The molecule has 1 rings (SSSR count). The lowest BCUT2D eigenvalue weighted by molar-refractivity contribution is -0.203. The SMILES string of the molecule is O=CC(F)(F)C(F)(F)c1ccccc1. The Morgan fingerprint density at radius 2 is 1.50 bits per heavy atom. The van der Waals surface area contributed by atoms with Gasteiger partial charge in [-0.05, 0) is 0 Å². The highest BCUT2D eigenvalue weighted by molar-refractivity contribution is 5.62. The maximum absolute atomic E-state index is 13.0. The molecule has 0 aromatic heterocycles. The Morgan fingerprint density at radius 1 is 1.00 bits per heavy atom. The van der Waals surface area contributed by atoms with E-state index < -0.39 is 23.7 Å². The van der Waals surface area contributed by atoms with Crippen molar-refractivity contribution < 1.29 is 22.4 Å². The molecule has 0 amide bonds. The highest BCUT2D eigenvalue weighted by Gasteiger charge is 2.57. The predicted octanol–water partition coefficient (Wildman–Crippen LogP) is 2.61. The summed E-state index contributed by atoms with van der Waals surface area (Å²) in [5.74, 6) is -9.13. The Bertz CT molecular complexity index is 321. The number of benzene rings is 1. The number of hydrogen-bond donors (Lipinski definition) is 0. The molecule has 0 fully saturated rings. The van der Waals surface area contributed by atoms with Gasteiger partial charge in [0.15, 0.2) is 6.29 Å². The van der Waals surface area contributed by atoms with Gasteiger partial charge in [-0.25, -0.2) is 0 Å². The zero-order chi connectivity index (χ0) is 10.8. The van der Waals surface area contributed by atoms with E-state index in [9.17, 15) is 22.4 Å². The Labute approximate surface area is 77.3 Å². The Morgan fingerprint density at radius 3 is 1.93 bits per heavy atom. The molecule has 0 saturated carbocycles. The van der Waals surface area contributed by atoms with E-state index in [1.807, 2.05) is 0 Å². The van der Waals surface area contributed by atoms with Gasteiger partial charge in [0, 0.05) is 5.56 Å². The highest BCUT2D eigenvalue weighted by atomic mass is 19.3. The molecule has 0 atom stereocenters. The van der Waals surface area contributed by atoms with Crippen molar-refractivity contribution in [2.75, 3.05) is 0 Å². The van der Waals surface area contributed by atoms with E-state index in [1.165, 1.54) is 18.2 Å². The van der Waals surface area contributed by atoms with E-state index in [-0.39, 0.29) is 0 Å². The van der Waals surface area contributed by atoms with Gasteiger partial charge in [0.2, 0.25) is 0 Å². The first-order chi connectivity index (χ1) is 6.42. The first-order valence-electron chi connectivity index (χ1n) is 3.69. The number of hydrogen-bond acceptors (Lipinski definition) is 1. The van der Waals surface area contributed by atoms with E-state index in [0.717, 1.165) is 12.1 Å². The third kappa shape index (κ3) is 1.62. The monoisotopic (exact) mass is 206 g/mol. The lowest BCUT2D eigenvalue weighted by atomic mass is 10.0. The van der Waals surface area contributed by atoms with Crippen molar-refractivity contribution in [1.82, 2.24) is 0 Å². The molecule has 0 aliphatic heterocycles. The average molecular weight is 206 g/mol. The second-order valence-electron chi connectivity index (χ2n) is 2.68. The lowest BCUT2D eigenvalue weighted by Crippen LogP contribution is -2.39. The molecule has 14 heavy (non-hydrogen) atoms. The van der Waals surface area contributed by atoms with E-state index >= 15 is 0 Å². The Balaban J connectivity index is 3.14. The minimum Gasteiger partial charge on any atom is -0.296 e. The van der Waals surface area contributed by atoms with Crippen molar-refractivity contribution in [2.45, 2.75) is 11.8 Å². The van der Waals surface area contributed by atoms with Gasteiger partial charge in [0.25, 0.3) is 0 Å². The van der Waals surface area contributed by atoms with Crippen molar-refractivity contribution >= 4 is 6.29 Å². The molecule has 0 N–H and O–H groups in total. The van der Waals surface area contributed by atoms with Crippen LogP contribution in [0, 0.1) is 0 Å². The van der Waals surface area contributed by atoms with Crippen LogP contribution < -0.4 is 0 Å². The normalized spacial score (nSPS) is 12.6. The van der Waals surface area contributed by atoms with Crippen LogP contribution in [0.4, 0.5) is 17.6 Å². The summed E-state index contributed by atoms with van der Waals surface area (Å²) in [6.45, 7) is 0. The zero-order valence-corrected chi connectivity index (χ0v) is 6.88. The van der Waals surface area contributed by atoms with E-state index in [1.54, 1.807) is 0 Å². The van der Waals surface area contributed by atoms with Gasteiger partial charge in [-0.3, -0.25) is 4.79 Å². The maximum atomic E-state index is 13.0. The fourth-order valence-corrected chi connectivity index (χ4v) is 0.914. The molecular formula is C9H6F4O. The smallest absolute Gasteiger partial charge is 0.296 e. The second kappa shape index (κ2) is 3.40. The molecule has 0 bridgehead atoms. The minimum absolute atomic E-state index is 0.845. The summed E-state index contributed by atoms with van der Waals surface area (Å²) in [4.78, 5) is 9.82. The van der Waals surface area contributed by atoms with Crippen molar-refractivity contribution in [3.05, 3.63) is 35.9 Å². The largest absolute Gasteiger partial charge is 0.368 e. The molecule has 0 aliphatic carbocycles. The van der Waals surface area contributed by atoms with Gasteiger partial charge < -0.3 is 0 Å². The molecule has 1 aromatic rings. The van der Waals surface area contributed by atoms with Crippen molar-refractivity contribution in [3.8, 4) is 0 Å². The maximum Gasteiger partial charge on any atom is 0.368 e. The summed E-state index contributed by atoms with van der Waals surface area (Å²) >= 11 is 0. The predicted molar refractivity (Wildman–Crippen MR) is 41.3 cm³/mol. The third-order valence-corrected chi connectivity index (χ3v) is 1.70. The van der Waals surface area contributed by atoms with Crippen LogP contribution in [0.25, 0.3) is 0 Å². The van der Waals surface area contributed by atoms with Gasteiger partial charge in [-0.15, -0.1) is 0 Å². The number of carbonyl (C=O) groups excluding carboxylic acids is 1. The van der Waals surface area contributed by atoms with Crippen LogP contribution in [0.2, 0.25) is 0 Å². The molecule has 0 spiro atoms. The molecule has 0 heterocycles. The minimum atomic E-state index is -4.67. The quantitative estimate of drug-likeness (QED) is 0.548. The van der Waals surface area contributed by atoms with Gasteiger partial charge >= 0.3 is 11.8 Å². The van der Waals surface area contributed by atoms with Gasteiger partial charge in [-0.1, -0.05) is 30.3 Å². The molecule has 0 aliphatic rings. The van der Waals surface area contributed by atoms with Gasteiger partial charge in [0.1, 0.15) is 0 Å². The molecular weight excluding hydrogens is 200 g/mol. The summed E-state index contributed by atoms with van der Waals surface area (Å²) in [5.41, 5.74) is -0.878. The van der Waals surface area contributed by atoms with Crippen LogP contribution in [-0.4, -0.2) is 12.2 Å². The fourth-order valence-electron chi connectivity index (χ4n) is 0.914. The standard InChI is InChI=1S/C9H6F4O/c10-8(11,6-14)9(12,13)7-4-2-1-3-5-7/h1-6H. The Hall–Kier alpha value is -1.39. The lowest BCUT2D eigenvalue weighted by Gasteiger charge is -2.21. The van der Waals surface area contributed by atoms with Gasteiger partial charge in [0.05, 0.1) is 0 Å². The molecule has 1 aromatic carbocycles. The molecule has 0 unspecified atom stereocenters. The summed E-state index contributed by atoms with van der Waals surface area (Å²) in [5, 5.41) is 0. The number of rotatable bonds is 3. The van der Waals surface area contributed by atoms with E-state index in [0.29, 0.717) is 0 Å². The van der Waals surface area contributed by atoms with Crippen molar-refractivity contribution in [1.29, 1.82) is 0 Å². The van der Waals surface area contributed by atoms with Crippen LogP contribution in [0.1, 0.15) is 5.56 Å². The fraction of sp³-hybridized carbons (Fsp3) is 0.222. The molecule has 76 valence electrons. The average Bonchev–Trinajstić information content (AvgIpc) is 2.19. The van der Waals surface area contributed by atoms with E-state index in [2.05, 4.69) is 0 Å². The van der Waals surface area contributed by atoms with Crippen molar-refractivity contribution in [2.24, 2.45) is 0 Å². The first kappa shape index (κ1) is 10.7. The summed E-state index contributed by atoms with van der Waals surface area (Å²) in [6, 6.07) is 5.50. The summed E-state index contributed by atoms with van der Waals surface area (Å²) in [7, 11) is 0. The van der Waals surface area contributed by atoms with Crippen LogP contribution >= 0.6 is 0 Å². The molecule has 1 nitrogen and oxygen atoms in total. The topological polar surface area (TPSA) is 17.1 Å². The van der Waals surface area contributed by atoms with Crippen LogP contribution in [0.5, 0.6) is 0 Å². The zero-order valence-electron chi connectivity index (χ0n) is 6.88. The number of carbonyl (C=O) groups is 1. The van der Waals surface area contributed by atoms with Crippen LogP contribution in [-0.2, 0) is 10.7 Å². The van der Waals surface area contributed by atoms with Crippen molar-refractivity contribution in [3.63, 3.8) is 0 Å². The number of alkyl halides is 4. The summed E-state index contributed by atoms with van der Waals surface area (Å²) < 4.78 is 50.9. The molecule has 5 heteroatoms. The second-order valence-corrected chi connectivity index (χ2v) is 2.68. The number of halogens is 4. The highest BCUT2D eigenvalue weighted by Crippen LogP contribution is 2.41. The van der Waals surface area contributed by atoms with Crippen LogP contribution in [0.15, 0.2) is 30.3 Å². The Kier molecular flexibility index (Phi) is 2.59.